The molecule has 0 saturated heterocycles. The Labute approximate surface area is 129 Å². The molecule has 5 nitrogen and oxygen atoms in total. The number of nitrogens with zero attached hydrogens (tertiary/aromatic N) is 2. The summed E-state index contributed by atoms with van der Waals surface area (Å²) < 4.78 is 7.93. The van der Waals surface area contributed by atoms with Crippen molar-refractivity contribution >= 4 is 0 Å². The maximum absolute atomic E-state index is 5.85. The number of aromatic nitrogens is 2. The van der Waals surface area contributed by atoms with E-state index in [-0.39, 0.29) is 12.1 Å². The van der Waals surface area contributed by atoms with E-state index in [4.69, 9.17) is 15.7 Å². The molecular weight excluding hydrogens is 264 g/mol. The van der Waals surface area contributed by atoms with Gasteiger partial charge in [0.2, 0.25) is 0 Å². The molecule has 0 aliphatic rings. The quantitative estimate of drug-likeness (QED) is 0.514. The van der Waals surface area contributed by atoms with Gasteiger partial charge in [-0.05, 0) is 31.7 Å². The van der Waals surface area contributed by atoms with E-state index in [0.717, 1.165) is 25.0 Å². The van der Waals surface area contributed by atoms with E-state index in [2.05, 4.69) is 50.1 Å². The molecule has 1 aromatic heterocycles. The van der Waals surface area contributed by atoms with Crippen molar-refractivity contribution in [1.82, 2.24) is 15.2 Å². The molecule has 0 aliphatic heterocycles. The van der Waals surface area contributed by atoms with Gasteiger partial charge in [0.25, 0.3) is 0 Å². The second-order valence-electron chi connectivity index (χ2n) is 5.90. The molecule has 1 aromatic rings. The van der Waals surface area contributed by atoms with Crippen molar-refractivity contribution in [2.45, 2.75) is 72.1 Å². The maximum atomic E-state index is 5.85. The van der Waals surface area contributed by atoms with Crippen LogP contribution in [0.15, 0.2) is 12.3 Å². The lowest BCUT2D eigenvalue weighted by molar-refractivity contribution is 0.00330. The van der Waals surface area contributed by atoms with Crippen LogP contribution in [0.1, 0.15) is 59.2 Å². The minimum absolute atomic E-state index is 0.0787. The van der Waals surface area contributed by atoms with Gasteiger partial charge in [0.1, 0.15) is 0 Å². The molecule has 0 aromatic carbocycles. The van der Waals surface area contributed by atoms with Crippen molar-refractivity contribution in [2.75, 3.05) is 6.61 Å². The fourth-order valence-electron chi connectivity index (χ4n) is 2.81. The molecule has 0 radical (unpaired) electrons. The van der Waals surface area contributed by atoms with Crippen molar-refractivity contribution in [1.29, 1.82) is 0 Å². The number of ether oxygens (including phenoxy) is 1. The summed E-state index contributed by atoms with van der Waals surface area (Å²) in [5, 5.41) is 4.71. The average Bonchev–Trinajstić information content (AvgIpc) is 2.92. The molecule has 3 N–H and O–H groups in total. The summed E-state index contributed by atoms with van der Waals surface area (Å²) in [7, 11) is 0. The topological polar surface area (TPSA) is 65.1 Å². The molecule has 0 bridgehead atoms. The van der Waals surface area contributed by atoms with Gasteiger partial charge in [-0.2, -0.15) is 5.10 Å². The molecule has 5 heteroatoms. The monoisotopic (exact) mass is 296 g/mol. The van der Waals surface area contributed by atoms with Gasteiger partial charge in [-0.25, -0.2) is 0 Å². The van der Waals surface area contributed by atoms with E-state index in [9.17, 15) is 0 Å². The van der Waals surface area contributed by atoms with Crippen LogP contribution >= 0.6 is 0 Å². The van der Waals surface area contributed by atoms with Crippen LogP contribution in [0, 0.1) is 5.92 Å². The minimum atomic E-state index is 0.0787. The highest BCUT2D eigenvalue weighted by molar-refractivity contribution is 5.03. The SMILES string of the molecule is CCOC(C(C)C)C(Cc1ccn(C(CC)CC)n1)NN. The smallest absolute Gasteiger partial charge is 0.0767 e. The highest BCUT2D eigenvalue weighted by atomic mass is 16.5. The van der Waals surface area contributed by atoms with Crippen LogP contribution in [0.3, 0.4) is 0 Å². The molecule has 0 aliphatic carbocycles. The van der Waals surface area contributed by atoms with Gasteiger partial charge in [0, 0.05) is 19.2 Å². The third-order valence-corrected chi connectivity index (χ3v) is 4.04. The maximum Gasteiger partial charge on any atom is 0.0767 e. The first-order valence-corrected chi connectivity index (χ1v) is 8.18. The Balaban J connectivity index is 2.77. The predicted molar refractivity (Wildman–Crippen MR) is 86.9 cm³/mol. The largest absolute Gasteiger partial charge is 0.377 e. The lowest BCUT2D eigenvalue weighted by atomic mass is 9.96. The molecule has 21 heavy (non-hydrogen) atoms. The van der Waals surface area contributed by atoms with Gasteiger partial charge in [0.15, 0.2) is 0 Å². The summed E-state index contributed by atoms with van der Waals surface area (Å²) in [5.41, 5.74) is 3.97. The fourth-order valence-corrected chi connectivity index (χ4v) is 2.81. The summed E-state index contributed by atoms with van der Waals surface area (Å²) in [5.74, 6) is 6.15. The van der Waals surface area contributed by atoms with Gasteiger partial charge < -0.3 is 4.74 Å². The van der Waals surface area contributed by atoms with Crippen LogP contribution in [-0.4, -0.2) is 28.5 Å². The van der Waals surface area contributed by atoms with Gasteiger partial charge in [-0.3, -0.25) is 16.0 Å². The van der Waals surface area contributed by atoms with Gasteiger partial charge >= 0.3 is 0 Å². The minimum Gasteiger partial charge on any atom is -0.377 e. The third kappa shape index (κ3) is 5.09. The highest BCUT2D eigenvalue weighted by Gasteiger charge is 2.25. The van der Waals surface area contributed by atoms with Gasteiger partial charge in [-0.1, -0.05) is 27.7 Å². The normalized spacial score (nSPS) is 14.9. The summed E-state index contributed by atoms with van der Waals surface area (Å²) in [6, 6.07) is 2.65. The lowest BCUT2D eigenvalue weighted by Crippen LogP contribution is -2.49. The number of nitrogens with one attached hydrogen (secondary N) is 1. The predicted octanol–water partition coefficient (Wildman–Crippen LogP) is 2.68. The summed E-state index contributed by atoms with van der Waals surface area (Å²) in [6.45, 7) is 11.4. The van der Waals surface area contributed by atoms with Crippen molar-refractivity contribution in [2.24, 2.45) is 11.8 Å². The fraction of sp³-hybridized carbons (Fsp3) is 0.812. The molecule has 0 saturated carbocycles. The van der Waals surface area contributed by atoms with Gasteiger partial charge in [0.05, 0.1) is 23.9 Å². The third-order valence-electron chi connectivity index (χ3n) is 4.04. The van der Waals surface area contributed by atoms with Crippen LogP contribution in [0.4, 0.5) is 0 Å². The standard InChI is InChI=1S/C16H32N4O/c1-6-14(7-2)20-10-9-13(19-20)11-15(18-17)16(12(4)5)21-8-3/h9-10,12,14-16,18H,6-8,11,17H2,1-5H3. The first-order valence-electron chi connectivity index (χ1n) is 8.18. The Hall–Kier alpha value is -0.910. The summed E-state index contributed by atoms with van der Waals surface area (Å²) in [6.07, 6.45) is 5.16. The zero-order chi connectivity index (χ0) is 15.8. The van der Waals surface area contributed by atoms with Crippen LogP contribution in [0.5, 0.6) is 0 Å². The molecular formula is C16H32N4O. The first-order chi connectivity index (χ1) is 10.1. The Bertz CT molecular complexity index is 387. The van der Waals surface area contributed by atoms with E-state index >= 15 is 0 Å². The molecule has 0 amide bonds. The zero-order valence-corrected chi connectivity index (χ0v) is 14.2. The molecule has 122 valence electrons. The van der Waals surface area contributed by atoms with E-state index in [1.807, 2.05) is 6.92 Å². The number of nitrogens with two attached hydrogens (primary N) is 1. The van der Waals surface area contributed by atoms with Crippen molar-refractivity contribution in [3.63, 3.8) is 0 Å². The van der Waals surface area contributed by atoms with Crippen molar-refractivity contribution < 1.29 is 4.74 Å². The Morgan fingerprint density at radius 3 is 2.43 bits per heavy atom. The zero-order valence-electron chi connectivity index (χ0n) is 14.2. The van der Waals surface area contributed by atoms with Crippen LogP contribution < -0.4 is 11.3 Å². The average molecular weight is 296 g/mol. The van der Waals surface area contributed by atoms with Crippen molar-refractivity contribution in [3.05, 3.63) is 18.0 Å². The van der Waals surface area contributed by atoms with E-state index in [0.29, 0.717) is 18.6 Å². The highest BCUT2D eigenvalue weighted by Crippen LogP contribution is 2.17. The van der Waals surface area contributed by atoms with Crippen LogP contribution in [0.2, 0.25) is 0 Å². The van der Waals surface area contributed by atoms with Crippen molar-refractivity contribution in [3.8, 4) is 0 Å². The summed E-state index contributed by atoms with van der Waals surface area (Å²) in [4.78, 5) is 0. The summed E-state index contributed by atoms with van der Waals surface area (Å²) >= 11 is 0. The Morgan fingerprint density at radius 2 is 1.95 bits per heavy atom. The molecule has 2 atom stereocenters. The number of hydrogen-bond acceptors (Lipinski definition) is 4. The molecule has 1 heterocycles. The van der Waals surface area contributed by atoms with Crippen LogP contribution in [0.25, 0.3) is 0 Å². The molecule has 0 fully saturated rings. The van der Waals surface area contributed by atoms with Gasteiger partial charge in [-0.15, -0.1) is 0 Å². The van der Waals surface area contributed by atoms with Crippen LogP contribution in [-0.2, 0) is 11.2 Å². The second kappa shape index (κ2) is 9.18. The van der Waals surface area contributed by atoms with E-state index < -0.39 is 0 Å². The Kier molecular flexibility index (Phi) is 7.93. The molecule has 0 spiro atoms. The first kappa shape index (κ1) is 18.1. The number of hydrazine groups is 1. The van der Waals surface area contributed by atoms with E-state index in [1.165, 1.54) is 0 Å². The Morgan fingerprint density at radius 1 is 1.29 bits per heavy atom. The number of hydrogen-bond donors (Lipinski definition) is 2. The molecule has 1 rings (SSSR count). The lowest BCUT2D eigenvalue weighted by Gasteiger charge is -2.29. The number of rotatable bonds is 10. The second-order valence-corrected chi connectivity index (χ2v) is 5.90. The molecule has 2 unspecified atom stereocenters. The van der Waals surface area contributed by atoms with E-state index in [1.54, 1.807) is 0 Å².